The van der Waals surface area contributed by atoms with E-state index < -0.39 is 15.1 Å². The second-order valence-electron chi connectivity index (χ2n) is 5.36. The maximum absolute atomic E-state index is 11.5. The molecule has 0 heterocycles. The van der Waals surface area contributed by atoms with Gasteiger partial charge < -0.3 is 0 Å². The van der Waals surface area contributed by atoms with Gasteiger partial charge in [0.15, 0.2) is 9.84 Å². The molecule has 2 nitrogen and oxygen atoms in total. The van der Waals surface area contributed by atoms with Crippen LogP contribution in [-0.4, -0.2) is 19.4 Å². The molecule has 0 rings (SSSR count). The van der Waals surface area contributed by atoms with Crippen LogP contribution in [0.5, 0.6) is 0 Å². The average Bonchev–Trinajstić information content (AvgIpc) is 2.31. The molecule has 109 valence electrons. The monoisotopic (exact) mass is 275 g/mol. The molecule has 0 aromatic carbocycles. The van der Waals surface area contributed by atoms with Gasteiger partial charge in [-0.15, -0.1) is 0 Å². The highest BCUT2D eigenvalue weighted by Crippen LogP contribution is 2.11. The van der Waals surface area contributed by atoms with Gasteiger partial charge in [-0.3, -0.25) is 0 Å². The van der Waals surface area contributed by atoms with Gasteiger partial charge in [-0.1, -0.05) is 64.7 Å². The summed E-state index contributed by atoms with van der Waals surface area (Å²) in [5.74, 6) is 0.314. The number of unbranched alkanes of at least 4 members (excludes halogenated alkanes) is 9. The first kappa shape index (κ1) is 17.9. The molecule has 0 spiro atoms. The smallest absolute Gasteiger partial charge is 0.152 e. The highest BCUT2D eigenvalue weighted by molar-refractivity contribution is 7.92. The molecule has 0 fully saturated rings. The van der Waals surface area contributed by atoms with Crippen molar-refractivity contribution in [2.45, 2.75) is 83.3 Å². The summed E-state index contributed by atoms with van der Waals surface area (Å²) < 4.78 is 23.0. The van der Waals surface area contributed by atoms with Crippen molar-refractivity contribution in [3.8, 4) is 0 Å². The lowest BCUT2D eigenvalue weighted by molar-refractivity contribution is 0.557. The van der Waals surface area contributed by atoms with Crippen LogP contribution in [0.1, 0.15) is 78.1 Å². The Morgan fingerprint density at radius 2 is 1.22 bits per heavy atom. The predicted octanol–water partition coefficient (Wildman–Crippen LogP) is 4.54. The summed E-state index contributed by atoms with van der Waals surface area (Å²) in [7, 11) is -2.92. The highest BCUT2D eigenvalue weighted by Gasteiger charge is 2.14. The lowest BCUT2D eigenvalue weighted by Gasteiger charge is -2.07. The van der Waals surface area contributed by atoms with Crippen molar-refractivity contribution in [1.82, 2.24) is 0 Å². The zero-order valence-corrected chi connectivity index (χ0v) is 13.1. The van der Waals surface area contributed by atoms with Gasteiger partial charge in [0, 0.05) is 0 Å². The molecule has 0 aliphatic carbocycles. The Hall–Kier alpha value is -0.0500. The van der Waals surface area contributed by atoms with Gasteiger partial charge in [0.2, 0.25) is 0 Å². The Bertz CT molecular complexity index is 268. The second-order valence-corrected chi connectivity index (χ2v) is 7.90. The van der Waals surface area contributed by atoms with Crippen LogP contribution >= 0.6 is 0 Å². The fourth-order valence-electron chi connectivity index (χ4n) is 1.99. The van der Waals surface area contributed by atoms with Crippen LogP contribution in [0.3, 0.4) is 0 Å². The molecule has 0 saturated heterocycles. The fourth-order valence-corrected chi connectivity index (χ4v) is 3.00. The Balaban J connectivity index is 3.27. The van der Waals surface area contributed by atoms with Crippen molar-refractivity contribution >= 4 is 9.84 Å². The number of sulfone groups is 1. The average molecular weight is 275 g/mol. The number of rotatable bonds is 12. The summed E-state index contributed by atoms with van der Waals surface area (Å²) in [5.41, 5.74) is 0. The van der Waals surface area contributed by atoms with Gasteiger partial charge in [0.1, 0.15) is 0 Å². The van der Waals surface area contributed by atoms with Gasteiger partial charge in [0.05, 0.1) is 11.0 Å². The van der Waals surface area contributed by atoms with E-state index in [1.165, 1.54) is 51.4 Å². The molecule has 0 aromatic rings. The third kappa shape index (κ3) is 9.93. The third-order valence-electron chi connectivity index (χ3n) is 3.40. The van der Waals surface area contributed by atoms with E-state index in [1.54, 1.807) is 6.92 Å². The Morgan fingerprint density at radius 3 is 1.61 bits per heavy atom. The standard InChI is InChI=1S/C15H31O2S/c1-4-5-6-7-8-9-10-11-12-13-14-18(16,17)15(2)3/h15H,2,4-14H2,1,3H3. The molecule has 0 aliphatic rings. The summed E-state index contributed by atoms with van der Waals surface area (Å²) in [4.78, 5) is 0. The van der Waals surface area contributed by atoms with E-state index in [4.69, 9.17) is 0 Å². The van der Waals surface area contributed by atoms with E-state index in [1.807, 2.05) is 0 Å². The van der Waals surface area contributed by atoms with Gasteiger partial charge in [-0.05, 0) is 20.3 Å². The second kappa shape index (κ2) is 10.8. The molecule has 0 bridgehead atoms. The molecule has 1 atom stereocenters. The SMILES string of the molecule is [CH2]C(C)S(=O)(=O)CCCCCCCCCCCC. The zero-order valence-electron chi connectivity index (χ0n) is 12.3. The first-order valence-electron chi connectivity index (χ1n) is 7.55. The molecule has 0 N–H and O–H groups in total. The minimum Gasteiger partial charge on any atom is -0.229 e. The van der Waals surface area contributed by atoms with E-state index in [0.717, 1.165) is 12.8 Å². The van der Waals surface area contributed by atoms with Crippen LogP contribution in [-0.2, 0) is 9.84 Å². The zero-order chi connectivity index (χ0) is 13.9. The normalized spacial score (nSPS) is 12.2. The first-order valence-corrected chi connectivity index (χ1v) is 9.27. The van der Waals surface area contributed by atoms with Crippen molar-refractivity contribution in [2.75, 3.05) is 5.75 Å². The minimum atomic E-state index is -2.92. The topological polar surface area (TPSA) is 34.1 Å². The van der Waals surface area contributed by atoms with Crippen LogP contribution < -0.4 is 0 Å². The van der Waals surface area contributed by atoms with Gasteiger partial charge >= 0.3 is 0 Å². The molecule has 0 aromatic heterocycles. The van der Waals surface area contributed by atoms with Crippen LogP contribution in [0.15, 0.2) is 0 Å². The quantitative estimate of drug-likeness (QED) is 0.490. The summed E-state index contributed by atoms with van der Waals surface area (Å²) in [6.45, 7) is 7.48. The van der Waals surface area contributed by atoms with Crippen molar-refractivity contribution in [3.63, 3.8) is 0 Å². The predicted molar refractivity (Wildman–Crippen MR) is 80.4 cm³/mol. The minimum absolute atomic E-state index is 0.314. The lowest BCUT2D eigenvalue weighted by Crippen LogP contribution is -2.17. The largest absolute Gasteiger partial charge is 0.229 e. The van der Waals surface area contributed by atoms with Gasteiger partial charge in [-0.25, -0.2) is 8.42 Å². The van der Waals surface area contributed by atoms with E-state index in [0.29, 0.717) is 5.75 Å². The highest BCUT2D eigenvalue weighted by atomic mass is 32.2. The Kier molecular flexibility index (Phi) is 10.8. The molecule has 0 amide bonds. The maximum atomic E-state index is 11.5. The molecular formula is C15H31O2S. The Morgan fingerprint density at radius 1 is 0.833 bits per heavy atom. The maximum Gasteiger partial charge on any atom is 0.152 e. The van der Waals surface area contributed by atoms with Crippen LogP contribution in [0.25, 0.3) is 0 Å². The van der Waals surface area contributed by atoms with Crippen molar-refractivity contribution in [1.29, 1.82) is 0 Å². The van der Waals surface area contributed by atoms with Gasteiger partial charge in [0.25, 0.3) is 0 Å². The van der Waals surface area contributed by atoms with E-state index >= 15 is 0 Å². The van der Waals surface area contributed by atoms with E-state index in [-0.39, 0.29) is 0 Å². The van der Waals surface area contributed by atoms with Crippen LogP contribution in [0.2, 0.25) is 0 Å². The molecule has 0 aliphatic heterocycles. The van der Waals surface area contributed by atoms with E-state index in [9.17, 15) is 8.42 Å². The molecule has 1 radical (unpaired) electrons. The van der Waals surface area contributed by atoms with Gasteiger partial charge in [-0.2, -0.15) is 0 Å². The first-order chi connectivity index (χ1) is 8.50. The lowest BCUT2D eigenvalue weighted by atomic mass is 10.1. The molecule has 3 heteroatoms. The van der Waals surface area contributed by atoms with Crippen molar-refractivity contribution in [2.24, 2.45) is 0 Å². The summed E-state index contributed by atoms with van der Waals surface area (Å²) >= 11 is 0. The summed E-state index contributed by atoms with van der Waals surface area (Å²) in [6.07, 6.45) is 12.3. The number of hydrogen-bond acceptors (Lipinski definition) is 2. The van der Waals surface area contributed by atoms with E-state index in [2.05, 4.69) is 13.8 Å². The molecule has 1 unspecified atom stereocenters. The van der Waals surface area contributed by atoms with Crippen molar-refractivity contribution < 1.29 is 8.42 Å². The fraction of sp³-hybridized carbons (Fsp3) is 0.933. The van der Waals surface area contributed by atoms with Crippen LogP contribution in [0, 0.1) is 6.92 Å². The molecule has 18 heavy (non-hydrogen) atoms. The molecule has 0 saturated carbocycles. The third-order valence-corrected chi connectivity index (χ3v) is 5.48. The summed E-state index contributed by atoms with van der Waals surface area (Å²) in [6, 6.07) is 0. The Labute approximate surface area is 114 Å². The van der Waals surface area contributed by atoms with Crippen LogP contribution in [0.4, 0.5) is 0 Å². The number of hydrogen-bond donors (Lipinski definition) is 0. The summed E-state index contributed by atoms with van der Waals surface area (Å²) in [5, 5.41) is -0.462. The van der Waals surface area contributed by atoms with Crippen molar-refractivity contribution in [3.05, 3.63) is 6.92 Å². The molecular weight excluding hydrogens is 244 g/mol.